The SMILES string of the molecule is CNC(=O)[C@@H]1COC(=O)N1Cc1ccc(C(=O)OC)cc1. The summed E-state index contributed by atoms with van der Waals surface area (Å²) in [7, 11) is 2.82. The molecule has 1 atom stereocenters. The Balaban J connectivity index is 2.11. The van der Waals surface area contributed by atoms with Gasteiger partial charge in [0.1, 0.15) is 12.6 Å². The van der Waals surface area contributed by atoms with Crippen molar-refractivity contribution >= 4 is 18.0 Å². The summed E-state index contributed by atoms with van der Waals surface area (Å²) >= 11 is 0. The normalized spacial score (nSPS) is 17.3. The molecule has 1 N–H and O–H groups in total. The zero-order valence-corrected chi connectivity index (χ0v) is 11.8. The molecular weight excluding hydrogens is 276 g/mol. The van der Waals surface area contributed by atoms with E-state index in [9.17, 15) is 14.4 Å². The Labute approximate surface area is 121 Å². The number of rotatable bonds is 4. The van der Waals surface area contributed by atoms with Gasteiger partial charge in [0.15, 0.2) is 0 Å². The Morgan fingerprint density at radius 3 is 2.62 bits per heavy atom. The number of hydrogen-bond donors (Lipinski definition) is 1. The number of nitrogens with one attached hydrogen (secondary N) is 1. The number of carbonyl (C=O) groups excluding carboxylic acids is 3. The molecule has 21 heavy (non-hydrogen) atoms. The van der Waals surface area contributed by atoms with Crippen LogP contribution in [0.3, 0.4) is 0 Å². The number of benzene rings is 1. The Bertz CT molecular complexity index is 555. The third kappa shape index (κ3) is 3.13. The standard InChI is InChI=1S/C14H16N2O5/c1-15-12(17)11-8-21-14(19)16(11)7-9-3-5-10(6-4-9)13(18)20-2/h3-6,11H,7-8H2,1-2H3,(H,15,17)/t11-/m0/s1. The maximum Gasteiger partial charge on any atom is 0.410 e. The molecule has 1 aromatic rings. The Hall–Kier alpha value is -2.57. The van der Waals surface area contributed by atoms with Crippen LogP contribution < -0.4 is 5.32 Å². The van der Waals surface area contributed by atoms with Crippen LogP contribution in [0.2, 0.25) is 0 Å². The molecule has 0 spiro atoms. The van der Waals surface area contributed by atoms with E-state index in [1.54, 1.807) is 24.3 Å². The molecule has 2 rings (SSSR count). The van der Waals surface area contributed by atoms with E-state index >= 15 is 0 Å². The van der Waals surface area contributed by atoms with Crippen molar-refractivity contribution in [3.05, 3.63) is 35.4 Å². The maximum absolute atomic E-state index is 11.7. The number of carbonyl (C=O) groups is 3. The molecule has 0 unspecified atom stereocenters. The van der Waals surface area contributed by atoms with Crippen molar-refractivity contribution in [1.29, 1.82) is 0 Å². The van der Waals surface area contributed by atoms with Gasteiger partial charge < -0.3 is 14.8 Å². The number of hydrogen-bond acceptors (Lipinski definition) is 5. The van der Waals surface area contributed by atoms with Crippen LogP contribution >= 0.6 is 0 Å². The van der Waals surface area contributed by atoms with Crippen molar-refractivity contribution in [2.75, 3.05) is 20.8 Å². The van der Waals surface area contributed by atoms with Gasteiger partial charge >= 0.3 is 12.1 Å². The van der Waals surface area contributed by atoms with Gasteiger partial charge in [0.25, 0.3) is 0 Å². The van der Waals surface area contributed by atoms with E-state index in [4.69, 9.17) is 4.74 Å². The minimum Gasteiger partial charge on any atom is -0.465 e. The largest absolute Gasteiger partial charge is 0.465 e. The highest BCUT2D eigenvalue weighted by atomic mass is 16.6. The number of amides is 2. The first-order valence-corrected chi connectivity index (χ1v) is 6.39. The monoisotopic (exact) mass is 292 g/mol. The summed E-state index contributed by atoms with van der Waals surface area (Å²) in [6.45, 7) is 0.275. The van der Waals surface area contributed by atoms with Crippen molar-refractivity contribution in [3.8, 4) is 0 Å². The smallest absolute Gasteiger partial charge is 0.410 e. The van der Waals surface area contributed by atoms with E-state index < -0.39 is 18.1 Å². The lowest BCUT2D eigenvalue weighted by Gasteiger charge is -2.20. The molecule has 112 valence electrons. The van der Waals surface area contributed by atoms with E-state index in [1.807, 2.05) is 0 Å². The summed E-state index contributed by atoms with van der Waals surface area (Å²) in [4.78, 5) is 36.1. The molecule has 0 aliphatic carbocycles. The minimum absolute atomic E-state index is 0.0404. The van der Waals surface area contributed by atoms with Gasteiger partial charge in [0.05, 0.1) is 19.2 Å². The van der Waals surface area contributed by atoms with Gasteiger partial charge in [0.2, 0.25) is 5.91 Å². The van der Waals surface area contributed by atoms with Crippen molar-refractivity contribution < 1.29 is 23.9 Å². The van der Waals surface area contributed by atoms with Crippen LogP contribution in [0.5, 0.6) is 0 Å². The van der Waals surface area contributed by atoms with Gasteiger partial charge in [-0.2, -0.15) is 0 Å². The van der Waals surface area contributed by atoms with Crippen molar-refractivity contribution in [2.24, 2.45) is 0 Å². The van der Waals surface area contributed by atoms with Gasteiger partial charge in [-0.25, -0.2) is 9.59 Å². The van der Waals surface area contributed by atoms with E-state index in [0.29, 0.717) is 5.56 Å². The van der Waals surface area contributed by atoms with E-state index in [2.05, 4.69) is 10.1 Å². The average Bonchev–Trinajstić information content (AvgIpc) is 2.87. The maximum atomic E-state index is 11.7. The first-order valence-electron chi connectivity index (χ1n) is 6.39. The third-order valence-corrected chi connectivity index (χ3v) is 3.25. The Kier molecular flexibility index (Phi) is 4.42. The molecule has 1 saturated heterocycles. The highest BCUT2D eigenvalue weighted by Gasteiger charge is 2.37. The van der Waals surface area contributed by atoms with Crippen LogP contribution in [0.15, 0.2) is 24.3 Å². The predicted molar refractivity (Wildman–Crippen MR) is 72.5 cm³/mol. The summed E-state index contributed by atoms with van der Waals surface area (Å²) in [6, 6.07) is 6.00. The predicted octanol–water partition coefficient (Wildman–Crippen LogP) is 0.540. The number of esters is 1. The molecule has 1 aliphatic rings. The van der Waals surface area contributed by atoms with Crippen LogP contribution in [-0.2, 0) is 20.8 Å². The highest BCUT2D eigenvalue weighted by molar-refractivity contribution is 5.89. The lowest BCUT2D eigenvalue weighted by atomic mass is 10.1. The number of ether oxygens (including phenoxy) is 2. The van der Waals surface area contributed by atoms with Gasteiger partial charge in [0, 0.05) is 7.05 Å². The molecule has 0 aromatic heterocycles. The van der Waals surface area contributed by atoms with Crippen molar-refractivity contribution in [3.63, 3.8) is 0 Å². The van der Waals surface area contributed by atoms with E-state index in [1.165, 1.54) is 19.1 Å². The second-order valence-electron chi connectivity index (χ2n) is 4.52. The summed E-state index contributed by atoms with van der Waals surface area (Å²) in [6.07, 6.45) is -0.527. The van der Waals surface area contributed by atoms with Gasteiger partial charge in [-0.3, -0.25) is 9.69 Å². The number of nitrogens with zero attached hydrogens (tertiary/aromatic N) is 1. The quantitative estimate of drug-likeness (QED) is 0.819. The molecule has 0 saturated carbocycles. The molecule has 1 fully saturated rings. The zero-order chi connectivity index (χ0) is 15.4. The minimum atomic E-state index is -0.636. The van der Waals surface area contributed by atoms with Crippen molar-refractivity contribution in [2.45, 2.75) is 12.6 Å². The van der Waals surface area contributed by atoms with Crippen LogP contribution in [0, 0.1) is 0 Å². The van der Waals surface area contributed by atoms with Crippen LogP contribution in [0.1, 0.15) is 15.9 Å². The van der Waals surface area contributed by atoms with Crippen molar-refractivity contribution in [1.82, 2.24) is 10.2 Å². The zero-order valence-electron chi connectivity index (χ0n) is 11.8. The molecule has 7 nitrogen and oxygen atoms in total. The first-order chi connectivity index (χ1) is 10.1. The van der Waals surface area contributed by atoms with E-state index in [-0.39, 0.29) is 19.1 Å². The molecule has 0 bridgehead atoms. The van der Waals surface area contributed by atoms with Crippen LogP contribution in [-0.4, -0.2) is 49.7 Å². The lowest BCUT2D eigenvalue weighted by Crippen LogP contribution is -2.44. The fourth-order valence-corrected chi connectivity index (χ4v) is 2.07. The van der Waals surface area contributed by atoms with Crippen LogP contribution in [0.25, 0.3) is 0 Å². The lowest BCUT2D eigenvalue weighted by molar-refractivity contribution is -0.124. The van der Waals surface area contributed by atoms with Gasteiger partial charge in [-0.1, -0.05) is 12.1 Å². The third-order valence-electron chi connectivity index (χ3n) is 3.25. The molecule has 1 aliphatic heterocycles. The van der Waals surface area contributed by atoms with E-state index in [0.717, 1.165) is 5.56 Å². The van der Waals surface area contributed by atoms with Gasteiger partial charge in [-0.15, -0.1) is 0 Å². The average molecular weight is 292 g/mol. The topological polar surface area (TPSA) is 84.9 Å². The second-order valence-corrected chi connectivity index (χ2v) is 4.52. The molecule has 1 heterocycles. The van der Waals surface area contributed by atoms with Gasteiger partial charge in [-0.05, 0) is 17.7 Å². The number of cyclic esters (lactones) is 1. The second kappa shape index (κ2) is 6.25. The Morgan fingerprint density at radius 2 is 2.05 bits per heavy atom. The summed E-state index contributed by atoms with van der Waals surface area (Å²) in [5.74, 6) is -0.697. The molecule has 1 aromatic carbocycles. The summed E-state index contributed by atoms with van der Waals surface area (Å²) < 4.78 is 9.52. The molecule has 0 radical (unpaired) electrons. The molecule has 7 heteroatoms. The molecule has 2 amide bonds. The first kappa shape index (κ1) is 14.8. The van der Waals surface area contributed by atoms with Crippen LogP contribution in [0.4, 0.5) is 4.79 Å². The number of likely N-dealkylation sites (N-methyl/N-ethyl adjacent to an activating group) is 1. The summed E-state index contributed by atoms with van der Waals surface area (Å²) in [5.41, 5.74) is 1.21. The Morgan fingerprint density at radius 1 is 1.38 bits per heavy atom. The fourth-order valence-electron chi connectivity index (χ4n) is 2.07. The highest BCUT2D eigenvalue weighted by Crippen LogP contribution is 2.17. The summed E-state index contributed by atoms with van der Waals surface area (Å²) in [5, 5.41) is 2.50. The molecular formula is C14H16N2O5. The fraction of sp³-hybridized carbons (Fsp3) is 0.357. The number of methoxy groups -OCH3 is 1.